The zero-order valence-electron chi connectivity index (χ0n) is 16.1. The normalized spacial score (nSPS) is 19.9. The van der Waals surface area contributed by atoms with E-state index in [2.05, 4.69) is 54.4 Å². The Bertz CT molecular complexity index is 778. The molecule has 0 unspecified atom stereocenters. The molecule has 2 aromatic carbocycles. The Morgan fingerprint density at radius 1 is 1.11 bits per heavy atom. The third-order valence-electron chi connectivity index (χ3n) is 4.93. The van der Waals surface area contributed by atoms with E-state index in [-0.39, 0.29) is 12.1 Å². The second kappa shape index (κ2) is 8.19. The number of para-hydroxylation sites is 1. The van der Waals surface area contributed by atoms with Crippen LogP contribution in [0.5, 0.6) is 17.2 Å². The molecule has 0 radical (unpaired) electrons. The van der Waals surface area contributed by atoms with Crippen LogP contribution in [0, 0.1) is 0 Å². The molecule has 2 aliphatic rings. The molecule has 27 heavy (non-hydrogen) atoms. The van der Waals surface area contributed by atoms with Gasteiger partial charge in [0.05, 0.1) is 6.10 Å². The molecule has 0 spiro atoms. The summed E-state index contributed by atoms with van der Waals surface area (Å²) >= 11 is 0. The maximum Gasteiger partial charge on any atom is 0.161 e. The Kier molecular flexibility index (Phi) is 5.50. The third-order valence-corrected chi connectivity index (χ3v) is 4.93. The van der Waals surface area contributed by atoms with Crippen LogP contribution in [-0.2, 0) is 6.54 Å². The van der Waals surface area contributed by atoms with E-state index in [4.69, 9.17) is 14.2 Å². The number of fused-ring (bicyclic) bond motifs is 1. The third kappa shape index (κ3) is 4.37. The second-order valence-corrected chi connectivity index (χ2v) is 7.42. The lowest BCUT2D eigenvalue weighted by Crippen LogP contribution is -2.45. The fourth-order valence-corrected chi connectivity index (χ4v) is 3.74. The lowest BCUT2D eigenvalue weighted by molar-refractivity contribution is 0.169. The standard InChI is InChI=1S/C22H28N2O3/c1-16(2)27-20-6-4-3-5-18(20)19-15-24(10-9-23-19)14-17-7-8-21-22(13-17)26-12-11-25-21/h3-8,13,16,19,23H,9-12,14-15H2,1-2H3/t19-/m1/s1. The molecule has 0 saturated carbocycles. The van der Waals surface area contributed by atoms with E-state index in [1.165, 1.54) is 11.1 Å². The largest absolute Gasteiger partial charge is 0.491 e. The molecule has 1 saturated heterocycles. The maximum atomic E-state index is 6.03. The van der Waals surface area contributed by atoms with Crippen molar-refractivity contribution in [1.82, 2.24) is 10.2 Å². The van der Waals surface area contributed by atoms with Gasteiger partial charge in [-0.2, -0.15) is 0 Å². The molecule has 0 amide bonds. The molecule has 2 aromatic rings. The van der Waals surface area contributed by atoms with Crippen LogP contribution < -0.4 is 19.5 Å². The van der Waals surface area contributed by atoms with Gasteiger partial charge in [0.15, 0.2) is 11.5 Å². The van der Waals surface area contributed by atoms with Crippen LogP contribution in [0.4, 0.5) is 0 Å². The Balaban J connectivity index is 1.46. The van der Waals surface area contributed by atoms with E-state index in [1.807, 2.05) is 12.1 Å². The van der Waals surface area contributed by atoms with Gasteiger partial charge >= 0.3 is 0 Å². The number of piperazine rings is 1. The van der Waals surface area contributed by atoms with Crippen molar-refractivity contribution < 1.29 is 14.2 Å². The van der Waals surface area contributed by atoms with Gasteiger partial charge in [-0.15, -0.1) is 0 Å². The molecule has 0 aromatic heterocycles. The summed E-state index contributed by atoms with van der Waals surface area (Å²) in [5.74, 6) is 2.69. The number of hydrogen-bond acceptors (Lipinski definition) is 5. The fourth-order valence-electron chi connectivity index (χ4n) is 3.74. The van der Waals surface area contributed by atoms with Crippen molar-refractivity contribution in [3.63, 3.8) is 0 Å². The Morgan fingerprint density at radius 3 is 2.78 bits per heavy atom. The molecule has 4 rings (SSSR count). The predicted molar refractivity (Wildman–Crippen MR) is 106 cm³/mol. The topological polar surface area (TPSA) is 43.0 Å². The van der Waals surface area contributed by atoms with Crippen LogP contribution in [-0.4, -0.2) is 43.9 Å². The van der Waals surface area contributed by atoms with Crippen LogP contribution in [0.2, 0.25) is 0 Å². The van der Waals surface area contributed by atoms with E-state index >= 15 is 0 Å². The van der Waals surface area contributed by atoms with Crippen LogP contribution >= 0.6 is 0 Å². The monoisotopic (exact) mass is 368 g/mol. The highest BCUT2D eigenvalue weighted by Crippen LogP contribution is 2.32. The van der Waals surface area contributed by atoms with Crippen molar-refractivity contribution in [3.05, 3.63) is 53.6 Å². The highest BCUT2D eigenvalue weighted by Gasteiger charge is 2.24. The first kappa shape index (κ1) is 18.1. The van der Waals surface area contributed by atoms with Crippen molar-refractivity contribution in [1.29, 1.82) is 0 Å². The summed E-state index contributed by atoms with van der Waals surface area (Å²) in [5, 5.41) is 3.65. The summed E-state index contributed by atoms with van der Waals surface area (Å²) in [6.45, 7) is 9.24. The van der Waals surface area contributed by atoms with Gasteiger partial charge in [-0.3, -0.25) is 4.90 Å². The molecule has 5 heteroatoms. The van der Waals surface area contributed by atoms with Gasteiger partial charge in [0.25, 0.3) is 0 Å². The lowest BCUT2D eigenvalue weighted by Gasteiger charge is -2.35. The lowest BCUT2D eigenvalue weighted by atomic mass is 10.0. The first-order valence-electron chi connectivity index (χ1n) is 9.79. The number of hydrogen-bond donors (Lipinski definition) is 1. The van der Waals surface area contributed by atoms with Crippen LogP contribution in [0.25, 0.3) is 0 Å². The molecule has 1 atom stereocenters. The summed E-state index contributed by atoms with van der Waals surface area (Å²) < 4.78 is 17.4. The van der Waals surface area contributed by atoms with Gasteiger partial charge in [0.1, 0.15) is 19.0 Å². The molecule has 0 aliphatic carbocycles. The Labute approximate surface area is 161 Å². The summed E-state index contributed by atoms with van der Waals surface area (Å²) in [7, 11) is 0. The van der Waals surface area contributed by atoms with Crippen molar-refractivity contribution >= 4 is 0 Å². The van der Waals surface area contributed by atoms with Crippen LogP contribution in [0.15, 0.2) is 42.5 Å². The minimum atomic E-state index is 0.170. The quantitative estimate of drug-likeness (QED) is 0.876. The smallest absolute Gasteiger partial charge is 0.161 e. The highest BCUT2D eigenvalue weighted by molar-refractivity contribution is 5.44. The molecular formula is C22H28N2O3. The summed E-state index contributed by atoms with van der Waals surface area (Å²) in [6, 6.07) is 14.9. The summed E-state index contributed by atoms with van der Waals surface area (Å²) in [6.07, 6.45) is 0.170. The van der Waals surface area contributed by atoms with Gasteiger partial charge in [-0.1, -0.05) is 24.3 Å². The fraction of sp³-hybridized carbons (Fsp3) is 0.455. The average Bonchev–Trinajstić information content (AvgIpc) is 2.68. The van der Waals surface area contributed by atoms with Crippen molar-refractivity contribution in [2.45, 2.75) is 32.5 Å². The molecule has 2 heterocycles. The van der Waals surface area contributed by atoms with Crippen molar-refractivity contribution in [2.24, 2.45) is 0 Å². The number of benzene rings is 2. The van der Waals surface area contributed by atoms with Gasteiger partial charge in [0.2, 0.25) is 0 Å². The maximum absolute atomic E-state index is 6.03. The van der Waals surface area contributed by atoms with Crippen molar-refractivity contribution in [3.8, 4) is 17.2 Å². The Morgan fingerprint density at radius 2 is 1.93 bits per heavy atom. The summed E-state index contributed by atoms with van der Waals surface area (Å²) in [5.41, 5.74) is 2.49. The first-order valence-corrected chi connectivity index (χ1v) is 9.79. The van der Waals surface area contributed by atoms with Crippen LogP contribution in [0.1, 0.15) is 31.0 Å². The first-order chi connectivity index (χ1) is 13.2. The zero-order chi connectivity index (χ0) is 18.6. The molecule has 5 nitrogen and oxygen atoms in total. The van der Waals surface area contributed by atoms with Crippen LogP contribution in [0.3, 0.4) is 0 Å². The number of nitrogens with zero attached hydrogens (tertiary/aromatic N) is 1. The molecule has 1 N–H and O–H groups in total. The zero-order valence-corrected chi connectivity index (χ0v) is 16.1. The molecule has 1 fully saturated rings. The summed E-state index contributed by atoms with van der Waals surface area (Å²) in [4.78, 5) is 2.48. The number of nitrogens with one attached hydrogen (secondary N) is 1. The minimum Gasteiger partial charge on any atom is -0.491 e. The van der Waals surface area contributed by atoms with E-state index in [0.717, 1.165) is 43.4 Å². The van der Waals surface area contributed by atoms with Gasteiger partial charge in [-0.25, -0.2) is 0 Å². The molecule has 144 valence electrons. The SMILES string of the molecule is CC(C)Oc1ccccc1[C@H]1CN(Cc2ccc3c(c2)OCCO3)CCN1. The minimum absolute atomic E-state index is 0.170. The molecular weight excluding hydrogens is 340 g/mol. The van der Waals surface area contributed by atoms with Gasteiger partial charge < -0.3 is 19.5 Å². The average molecular weight is 368 g/mol. The predicted octanol–water partition coefficient (Wildman–Crippen LogP) is 3.39. The van der Waals surface area contributed by atoms with E-state index in [0.29, 0.717) is 13.2 Å². The van der Waals surface area contributed by atoms with E-state index in [1.54, 1.807) is 0 Å². The van der Waals surface area contributed by atoms with Gasteiger partial charge in [-0.05, 0) is 37.6 Å². The Hall–Kier alpha value is -2.24. The highest BCUT2D eigenvalue weighted by atomic mass is 16.6. The molecule has 0 bridgehead atoms. The van der Waals surface area contributed by atoms with E-state index in [9.17, 15) is 0 Å². The van der Waals surface area contributed by atoms with E-state index < -0.39 is 0 Å². The molecule has 2 aliphatic heterocycles. The van der Waals surface area contributed by atoms with Crippen molar-refractivity contribution in [2.75, 3.05) is 32.8 Å². The second-order valence-electron chi connectivity index (χ2n) is 7.42. The number of rotatable bonds is 5. The van der Waals surface area contributed by atoms with Gasteiger partial charge in [0, 0.05) is 37.8 Å². The number of ether oxygens (including phenoxy) is 3.